The normalized spacial score (nSPS) is 14.4. The Labute approximate surface area is 214 Å². The number of nitrogens with zero attached hydrogens (tertiary/aromatic N) is 1. The minimum Gasteiger partial charge on any atom is -0.480 e. The molecule has 1 heterocycles. The van der Waals surface area contributed by atoms with E-state index in [2.05, 4.69) is 25.9 Å². The van der Waals surface area contributed by atoms with Crippen LogP contribution in [0.5, 0.6) is 0 Å². The largest absolute Gasteiger partial charge is 0.480 e. The second-order valence-electron chi connectivity index (χ2n) is 8.83. The fourth-order valence-corrected chi connectivity index (χ4v) is 3.78. The lowest BCUT2D eigenvalue weighted by Crippen LogP contribution is -2.57. The van der Waals surface area contributed by atoms with E-state index in [-0.39, 0.29) is 31.6 Å². The van der Waals surface area contributed by atoms with Gasteiger partial charge in [-0.15, -0.1) is 0 Å². The van der Waals surface area contributed by atoms with Gasteiger partial charge >= 0.3 is 5.97 Å². The maximum absolute atomic E-state index is 13.1. The number of hydrogen-bond donors (Lipinski definition) is 7. The number of thioether (sulfide) groups is 1. The van der Waals surface area contributed by atoms with Crippen molar-refractivity contribution < 1.29 is 29.1 Å². The summed E-state index contributed by atoms with van der Waals surface area (Å²) < 4.78 is 0. The smallest absolute Gasteiger partial charge is 0.326 e. The van der Waals surface area contributed by atoms with Crippen LogP contribution in [0, 0.1) is 5.92 Å². The number of carboxylic acid groups (broad SMARTS) is 1. The van der Waals surface area contributed by atoms with Crippen LogP contribution in [-0.4, -0.2) is 80.8 Å². The molecule has 1 rings (SSSR count). The summed E-state index contributed by atoms with van der Waals surface area (Å²) in [7, 11) is 0. The molecule has 4 unspecified atom stereocenters. The van der Waals surface area contributed by atoms with E-state index >= 15 is 0 Å². The lowest BCUT2D eigenvalue weighted by molar-refractivity contribution is -0.142. The number of carbonyl (C=O) groups is 5. The second-order valence-corrected chi connectivity index (χ2v) is 9.81. The lowest BCUT2D eigenvalue weighted by Gasteiger charge is -2.25. The number of aliphatic carboxylic acids is 1. The van der Waals surface area contributed by atoms with Crippen molar-refractivity contribution in [1.29, 1.82) is 0 Å². The van der Waals surface area contributed by atoms with E-state index in [1.54, 1.807) is 0 Å². The Kier molecular flexibility index (Phi) is 13.5. The Bertz CT molecular complexity index is 880. The molecular formula is C22H37N7O6S. The van der Waals surface area contributed by atoms with Gasteiger partial charge in [0, 0.05) is 24.7 Å². The number of primary amides is 1. The summed E-state index contributed by atoms with van der Waals surface area (Å²) in [4.78, 5) is 68.3. The number of imidazole rings is 1. The predicted octanol–water partition coefficient (Wildman–Crippen LogP) is -1.12. The van der Waals surface area contributed by atoms with Crippen molar-refractivity contribution in [2.24, 2.45) is 17.4 Å². The number of carboxylic acids is 1. The van der Waals surface area contributed by atoms with Crippen molar-refractivity contribution in [3.05, 3.63) is 18.2 Å². The fraction of sp³-hybridized carbons (Fsp3) is 0.636. The third-order valence-electron chi connectivity index (χ3n) is 5.21. The van der Waals surface area contributed by atoms with Crippen molar-refractivity contribution in [2.75, 3.05) is 12.0 Å². The molecular weight excluding hydrogens is 490 g/mol. The molecule has 13 nitrogen and oxygen atoms in total. The zero-order valence-electron chi connectivity index (χ0n) is 20.8. The van der Waals surface area contributed by atoms with Gasteiger partial charge in [0.2, 0.25) is 23.6 Å². The second kappa shape index (κ2) is 15.8. The first-order chi connectivity index (χ1) is 16.9. The summed E-state index contributed by atoms with van der Waals surface area (Å²) in [6, 6.07) is -4.39. The maximum atomic E-state index is 13.1. The summed E-state index contributed by atoms with van der Waals surface area (Å²) >= 11 is 1.43. The lowest BCUT2D eigenvalue weighted by atomic mass is 10.0. The molecule has 0 saturated carbocycles. The predicted molar refractivity (Wildman–Crippen MR) is 135 cm³/mol. The molecule has 4 amide bonds. The molecule has 0 fully saturated rings. The van der Waals surface area contributed by atoms with E-state index < -0.39 is 53.8 Å². The fourth-order valence-electron chi connectivity index (χ4n) is 3.31. The number of hydrogen-bond acceptors (Lipinski definition) is 8. The highest BCUT2D eigenvalue weighted by atomic mass is 32.2. The summed E-state index contributed by atoms with van der Waals surface area (Å²) in [5, 5.41) is 17.0. The highest BCUT2D eigenvalue weighted by Gasteiger charge is 2.31. The highest BCUT2D eigenvalue weighted by Crippen LogP contribution is 2.07. The van der Waals surface area contributed by atoms with Crippen LogP contribution in [0.2, 0.25) is 0 Å². The number of nitrogens with one attached hydrogen (secondary N) is 4. The topological polar surface area (TPSA) is 222 Å². The van der Waals surface area contributed by atoms with Crippen molar-refractivity contribution >= 4 is 41.4 Å². The molecule has 0 aliphatic carbocycles. The molecule has 0 radical (unpaired) electrons. The average Bonchev–Trinajstić information content (AvgIpc) is 3.30. The van der Waals surface area contributed by atoms with Crippen LogP contribution >= 0.6 is 11.8 Å². The molecule has 1 aromatic heterocycles. The van der Waals surface area contributed by atoms with Crippen molar-refractivity contribution in [3.63, 3.8) is 0 Å². The van der Waals surface area contributed by atoms with Gasteiger partial charge in [0.25, 0.3) is 0 Å². The summed E-state index contributed by atoms with van der Waals surface area (Å²) in [5.74, 6) is -3.26. The van der Waals surface area contributed by atoms with Crippen molar-refractivity contribution in [2.45, 2.75) is 70.1 Å². The van der Waals surface area contributed by atoms with Crippen LogP contribution in [0.25, 0.3) is 0 Å². The van der Waals surface area contributed by atoms with Gasteiger partial charge in [-0.2, -0.15) is 11.8 Å². The van der Waals surface area contributed by atoms with E-state index in [1.165, 1.54) is 24.3 Å². The van der Waals surface area contributed by atoms with Crippen LogP contribution in [-0.2, 0) is 30.4 Å². The summed E-state index contributed by atoms with van der Waals surface area (Å²) in [5.41, 5.74) is 11.7. The zero-order valence-corrected chi connectivity index (χ0v) is 21.6. The Morgan fingerprint density at radius 3 is 2.17 bits per heavy atom. The van der Waals surface area contributed by atoms with Crippen LogP contribution in [0.3, 0.4) is 0 Å². The molecule has 36 heavy (non-hydrogen) atoms. The van der Waals surface area contributed by atoms with Gasteiger partial charge in [0.15, 0.2) is 0 Å². The standard InChI is InChI=1S/C22H37N7O6S/c1-12(2)8-14(23)19(31)27-15(4-5-18(24)30)20(32)29-17(9-13-10-25-11-26-13)21(33)28-16(22(34)35)6-7-36-3/h10-12,14-17H,4-9,23H2,1-3H3,(H2,24,30)(H,25,26)(H,27,31)(H,28,33)(H,29,32)(H,34,35). The molecule has 0 bridgehead atoms. The molecule has 9 N–H and O–H groups in total. The van der Waals surface area contributed by atoms with E-state index in [4.69, 9.17) is 11.5 Å². The Hall–Kier alpha value is -3.13. The first kappa shape index (κ1) is 30.9. The van der Waals surface area contributed by atoms with Crippen molar-refractivity contribution in [3.8, 4) is 0 Å². The van der Waals surface area contributed by atoms with Gasteiger partial charge in [-0.3, -0.25) is 19.2 Å². The number of rotatable bonds is 17. The van der Waals surface area contributed by atoms with E-state index in [0.29, 0.717) is 17.9 Å². The van der Waals surface area contributed by atoms with E-state index in [9.17, 15) is 29.1 Å². The molecule has 4 atom stereocenters. The van der Waals surface area contributed by atoms with Crippen LogP contribution < -0.4 is 27.4 Å². The van der Waals surface area contributed by atoms with Gasteiger partial charge in [0.1, 0.15) is 18.1 Å². The molecule has 14 heteroatoms. The first-order valence-electron chi connectivity index (χ1n) is 11.6. The van der Waals surface area contributed by atoms with Gasteiger partial charge in [-0.1, -0.05) is 13.8 Å². The zero-order chi connectivity index (χ0) is 27.3. The van der Waals surface area contributed by atoms with Crippen LogP contribution in [0.1, 0.15) is 45.2 Å². The molecule has 0 aromatic carbocycles. The van der Waals surface area contributed by atoms with E-state index in [1.807, 2.05) is 20.1 Å². The molecule has 202 valence electrons. The first-order valence-corrected chi connectivity index (χ1v) is 13.0. The average molecular weight is 528 g/mol. The SMILES string of the molecule is CSCCC(NC(=O)C(Cc1cnc[nH]1)NC(=O)C(CCC(N)=O)NC(=O)C(N)CC(C)C)C(=O)O. The van der Waals surface area contributed by atoms with Gasteiger partial charge in [0.05, 0.1) is 12.4 Å². The molecule has 1 aromatic rings. The molecule has 0 aliphatic heterocycles. The highest BCUT2D eigenvalue weighted by molar-refractivity contribution is 7.98. The van der Waals surface area contributed by atoms with Crippen molar-refractivity contribution in [1.82, 2.24) is 25.9 Å². The molecule has 0 aliphatic rings. The Morgan fingerprint density at radius 2 is 1.64 bits per heavy atom. The summed E-state index contributed by atoms with van der Waals surface area (Å²) in [6.45, 7) is 3.79. The number of nitrogens with two attached hydrogens (primary N) is 2. The minimum absolute atomic E-state index is 0.0181. The third-order valence-corrected chi connectivity index (χ3v) is 5.86. The third kappa shape index (κ3) is 11.5. The maximum Gasteiger partial charge on any atom is 0.326 e. The quantitative estimate of drug-likeness (QED) is 0.130. The monoisotopic (exact) mass is 527 g/mol. The summed E-state index contributed by atoms with van der Waals surface area (Å²) in [6.07, 6.45) is 4.94. The molecule has 0 saturated heterocycles. The minimum atomic E-state index is -1.20. The Morgan fingerprint density at radius 1 is 1.03 bits per heavy atom. The number of carbonyl (C=O) groups excluding carboxylic acids is 4. The number of amides is 4. The van der Waals surface area contributed by atoms with Gasteiger partial charge in [-0.05, 0) is 37.2 Å². The van der Waals surface area contributed by atoms with Gasteiger partial charge < -0.3 is 37.5 Å². The number of aromatic nitrogens is 2. The van der Waals surface area contributed by atoms with Crippen LogP contribution in [0.15, 0.2) is 12.5 Å². The number of H-pyrrole nitrogens is 1. The molecule has 0 spiro atoms. The Balaban J connectivity index is 3.06. The van der Waals surface area contributed by atoms with Crippen LogP contribution in [0.4, 0.5) is 0 Å². The number of aromatic amines is 1. The van der Waals surface area contributed by atoms with Gasteiger partial charge in [-0.25, -0.2) is 9.78 Å². The van der Waals surface area contributed by atoms with E-state index in [0.717, 1.165) is 0 Å².